The molecular formula is C16H23NOS. The molecule has 1 aromatic carbocycles. The lowest BCUT2D eigenvalue weighted by molar-refractivity contribution is 0.343. The van der Waals surface area contributed by atoms with Crippen LogP contribution in [0.4, 0.5) is 0 Å². The average molecular weight is 277 g/mol. The monoisotopic (exact) mass is 277 g/mol. The van der Waals surface area contributed by atoms with Gasteiger partial charge in [0.2, 0.25) is 0 Å². The lowest BCUT2D eigenvalue weighted by Gasteiger charge is -2.19. The van der Waals surface area contributed by atoms with Crippen molar-refractivity contribution in [2.45, 2.75) is 39.0 Å². The molecule has 0 saturated heterocycles. The van der Waals surface area contributed by atoms with Crippen LogP contribution in [0.5, 0.6) is 5.75 Å². The van der Waals surface area contributed by atoms with Crippen LogP contribution in [0.25, 0.3) is 0 Å². The molecule has 1 rings (SSSR count). The molecule has 0 radical (unpaired) electrons. The minimum atomic E-state index is 0.190. The van der Waals surface area contributed by atoms with Crippen molar-refractivity contribution in [2.75, 3.05) is 18.1 Å². The topological polar surface area (TPSA) is 33.0 Å². The largest absolute Gasteiger partial charge is 0.493 e. The Hall–Kier alpha value is -1.14. The van der Waals surface area contributed by atoms with Crippen molar-refractivity contribution in [2.24, 2.45) is 0 Å². The number of nitrogens with zero attached hydrogens (tertiary/aromatic N) is 1. The van der Waals surface area contributed by atoms with E-state index in [2.05, 4.69) is 39.0 Å². The van der Waals surface area contributed by atoms with Crippen molar-refractivity contribution >= 4 is 11.8 Å². The van der Waals surface area contributed by atoms with Gasteiger partial charge in [0, 0.05) is 12.2 Å². The van der Waals surface area contributed by atoms with Crippen LogP contribution >= 0.6 is 11.8 Å². The highest BCUT2D eigenvalue weighted by Crippen LogP contribution is 2.24. The van der Waals surface area contributed by atoms with E-state index in [1.807, 2.05) is 23.9 Å². The zero-order valence-corrected chi connectivity index (χ0v) is 12.9. The van der Waals surface area contributed by atoms with Crippen molar-refractivity contribution in [1.82, 2.24) is 0 Å². The van der Waals surface area contributed by atoms with Gasteiger partial charge in [-0.15, -0.1) is 0 Å². The van der Waals surface area contributed by atoms with Crippen LogP contribution < -0.4 is 4.74 Å². The Labute approximate surface area is 121 Å². The smallest absolute Gasteiger partial charge is 0.119 e. The summed E-state index contributed by atoms with van der Waals surface area (Å²) in [5, 5.41) is 8.41. The predicted octanol–water partition coefficient (Wildman–Crippen LogP) is 4.40. The van der Waals surface area contributed by atoms with Gasteiger partial charge in [0.1, 0.15) is 5.75 Å². The first-order chi connectivity index (χ1) is 9.04. The molecule has 0 heterocycles. The number of unbranched alkanes of at least 4 members (excludes halogenated alkanes) is 1. The van der Waals surface area contributed by atoms with Crippen molar-refractivity contribution in [1.29, 1.82) is 5.26 Å². The number of rotatable bonds is 7. The summed E-state index contributed by atoms with van der Waals surface area (Å²) in [5.41, 5.74) is 1.51. The molecule has 0 bridgehead atoms. The number of benzene rings is 1. The molecule has 0 atom stereocenters. The van der Waals surface area contributed by atoms with E-state index in [4.69, 9.17) is 10.00 Å². The molecule has 0 saturated carbocycles. The Morgan fingerprint density at radius 1 is 1.16 bits per heavy atom. The van der Waals surface area contributed by atoms with Gasteiger partial charge in [-0.1, -0.05) is 32.9 Å². The fourth-order valence-corrected chi connectivity index (χ4v) is 2.38. The minimum absolute atomic E-state index is 0.190. The molecule has 0 N–H and O–H groups in total. The Kier molecular flexibility index (Phi) is 6.80. The van der Waals surface area contributed by atoms with Crippen LogP contribution in [0.2, 0.25) is 0 Å². The van der Waals surface area contributed by atoms with Gasteiger partial charge < -0.3 is 4.74 Å². The molecule has 0 aliphatic heterocycles. The maximum Gasteiger partial charge on any atom is 0.119 e. The maximum atomic E-state index is 8.41. The van der Waals surface area contributed by atoms with E-state index in [-0.39, 0.29) is 5.41 Å². The van der Waals surface area contributed by atoms with Gasteiger partial charge in [0.05, 0.1) is 12.7 Å². The van der Waals surface area contributed by atoms with Gasteiger partial charge in [-0.3, -0.25) is 0 Å². The number of ether oxygens (including phenoxy) is 1. The third-order valence-electron chi connectivity index (χ3n) is 2.79. The highest BCUT2D eigenvalue weighted by Gasteiger charge is 2.12. The Morgan fingerprint density at radius 2 is 1.84 bits per heavy atom. The van der Waals surface area contributed by atoms with Gasteiger partial charge in [-0.2, -0.15) is 17.0 Å². The normalized spacial score (nSPS) is 11.1. The second kappa shape index (κ2) is 8.12. The summed E-state index contributed by atoms with van der Waals surface area (Å²) in [6, 6.07) is 10.5. The Bertz CT molecular complexity index is 400. The molecule has 0 spiro atoms. The first kappa shape index (κ1) is 15.9. The van der Waals surface area contributed by atoms with Crippen LogP contribution in [-0.2, 0) is 5.41 Å². The molecule has 19 heavy (non-hydrogen) atoms. The summed E-state index contributed by atoms with van der Waals surface area (Å²) in [6.07, 6.45) is 1.63. The van der Waals surface area contributed by atoms with Crippen molar-refractivity contribution < 1.29 is 4.74 Å². The highest BCUT2D eigenvalue weighted by atomic mass is 32.2. The molecule has 3 heteroatoms. The summed E-state index contributed by atoms with van der Waals surface area (Å²) >= 11 is 1.84. The average Bonchev–Trinajstić information content (AvgIpc) is 2.37. The molecule has 2 nitrogen and oxygen atoms in total. The van der Waals surface area contributed by atoms with E-state index < -0.39 is 0 Å². The van der Waals surface area contributed by atoms with E-state index in [9.17, 15) is 0 Å². The molecule has 0 fully saturated rings. The zero-order chi connectivity index (χ0) is 14.1. The molecule has 0 amide bonds. The van der Waals surface area contributed by atoms with Gasteiger partial charge in [0.25, 0.3) is 0 Å². The van der Waals surface area contributed by atoms with Gasteiger partial charge >= 0.3 is 0 Å². The molecule has 0 aromatic heterocycles. The van der Waals surface area contributed by atoms with Gasteiger partial charge in [-0.25, -0.2) is 0 Å². The first-order valence-electron chi connectivity index (χ1n) is 6.72. The van der Waals surface area contributed by atoms with Crippen molar-refractivity contribution in [3.63, 3.8) is 0 Å². The molecule has 0 aliphatic rings. The number of hydrogen-bond acceptors (Lipinski definition) is 3. The van der Waals surface area contributed by atoms with Crippen molar-refractivity contribution in [3.05, 3.63) is 29.8 Å². The SMILES string of the molecule is CC(C)(C)c1ccc(OCCSCCCC#N)cc1. The second-order valence-electron chi connectivity index (χ2n) is 5.50. The van der Waals surface area contributed by atoms with E-state index >= 15 is 0 Å². The van der Waals surface area contributed by atoms with Crippen LogP contribution in [0.1, 0.15) is 39.2 Å². The van der Waals surface area contributed by atoms with Crippen LogP contribution in [0.3, 0.4) is 0 Å². The molecule has 104 valence electrons. The van der Waals surface area contributed by atoms with Crippen LogP contribution in [0, 0.1) is 11.3 Å². The third kappa shape index (κ3) is 6.54. The third-order valence-corrected chi connectivity index (χ3v) is 3.83. The summed E-state index contributed by atoms with van der Waals surface area (Å²) in [4.78, 5) is 0. The van der Waals surface area contributed by atoms with Crippen LogP contribution in [0.15, 0.2) is 24.3 Å². The number of thioether (sulfide) groups is 1. The highest BCUT2D eigenvalue weighted by molar-refractivity contribution is 7.99. The standard InChI is InChI=1S/C16H23NOS/c1-16(2,3)14-6-8-15(9-7-14)18-11-13-19-12-5-4-10-17/h6-9H,4-5,11-13H2,1-3H3. The van der Waals surface area contributed by atoms with E-state index in [1.165, 1.54) is 5.56 Å². The van der Waals surface area contributed by atoms with E-state index in [0.29, 0.717) is 6.42 Å². The zero-order valence-electron chi connectivity index (χ0n) is 12.1. The summed E-state index contributed by atoms with van der Waals surface area (Å²) in [5.74, 6) is 2.96. The summed E-state index contributed by atoms with van der Waals surface area (Å²) < 4.78 is 5.69. The maximum absolute atomic E-state index is 8.41. The molecular weight excluding hydrogens is 254 g/mol. The number of nitriles is 1. The molecule has 0 aliphatic carbocycles. The summed E-state index contributed by atoms with van der Waals surface area (Å²) in [7, 11) is 0. The van der Waals surface area contributed by atoms with Crippen LogP contribution in [-0.4, -0.2) is 18.1 Å². The lowest BCUT2D eigenvalue weighted by atomic mass is 9.87. The fraction of sp³-hybridized carbons (Fsp3) is 0.562. The minimum Gasteiger partial charge on any atom is -0.493 e. The quantitative estimate of drug-likeness (QED) is 0.693. The Morgan fingerprint density at radius 3 is 2.42 bits per heavy atom. The second-order valence-corrected chi connectivity index (χ2v) is 6.72. The predicted molar refractivity (Wildman–Crippen MR) is 82.8 cm³/mol. The first-order valence-corrected chi connectivity index (χ1v) is 7.87. The molecule has 0 unspecified atom stereocenters. The van der Waals surface area contributed by atoms with Gasteiger partial charge in [-0.05, 0) is 35.3 Å². The van der Waals surface area contributed by atoms with E-state index in [0.717, 1.165) is 30.3 Å². The lowest BCUT2D eigenvalue weighted by Crippen LogP contribution is -2.10. The molecule has 1 aromatic rings. The fourth-order valence-electron chi connectivity index (χ4n) is 1.62. The Balaban J connectivity index is 2.22. The van der Waals surface area contributed by atoms with Crippen molar-refractivity contribution in [3.8, 4) is 11.8 Å². The van der Waals surface area contributed by atoms with Gasteiger partial charge in [0.15, 0.2) is 0 Å². The number of hydrogen-bond donors (Lipinski definition) is 0. The summed E-state index contributed by atoms with van der Waals surface area (Å²) in [6.45, 7) is 7.36. The van der Waals surface area contributed by atoms with E-state index in [1.54, 1.807) is 0 Å².